The predicted octanol–water partition coefficient (Wildman–Crippen LogP) is 3.42. The second-order valence-corrected chi connectivity index (χ2v) is 6.53. The van der Waals surface area contributed by atoms with E-state index < -0.39 is 0 Å². The maximum Gasteiger partial charge on any atom is 0.496 e. The van der Waals surface area contributed by atoms with Crippen LogP contribution in [0.4, 0.5) is 0 Å². The van der Waals surface area contributed by atoms with Crippen molar-refractivity contribution >= 4 is 7.12 Å². The van der Waals surface area contributed by atoms with Crippen LogP contribution in [0.25, 0.3) is 0 Å². The Morgan fingerprint density at radius 1 is 1.11 bits per heavy atom. The number of hydrogen-bond donors (Lipinski definition) is 0. The van der Waals surface area contributed by atoms with Gasteiger partial charge in [-0.15, -0.1) is 0 Å². The summed E-state index contributed by atoms with van der Waals surface area (Å²) in [7, 11) is 3.73. The molecule has 1 heterocycles. The van der Waals surface area contributed by atoms with E-state index in [0.717, 1.165) is 11.9 Å². The van der Waals surface area contributed by atoms with E-state index in [0.29, 0.717) is 0 Å². The summed E-state index contributed by atoms with van der Waals surface area (Å²) in [6.45, 7) is 12.6. The summed E-state index contributed by atoms with van der Waals surface area (Å²) in [5.41, 5.74) is 1.81. The maximum absolute atomic E-state index is 6.11. The molecule has 0 N–H and O–H groups in total. The number of rotatable bonds is 4. The average Bonchev–Trinajstić information content (AvgIpc) is 2.46. The monoisotopic (exact) mass is 265 g/mol. The minimum absolute atomic E-state index is 0.295. The molecule has 1 aliphatic heterocycles. The van der Waals surface area contributed by atoms with Gasteiger partial charge in [-0.3, -0.25) is 0 Å². The molecule has 3 nitrogen and oxygen atoms in total. The fraction of sp³-hybridized carbons (Fsp3) is 0.733. The van der Waals surface area contributed by atoms with E-state index in [4.69, 9.17) is 9.31 Å². The van der Waals surface area contributed by atoms with Gasteiger partial charge in [-0.1, -0.05) is 18.6 Å². The molecule has 19 heavy (non-hydrogen) atoms. The van der Waals surface area contributed by atoms with Crippen LogP contribution < -0.4 is 0 Å². The van der Waals surface area contributed by atoms with Gasteiger partial charge in [-0.25, -0.2) is 0 Å². The molecule has 0 amide bonds. The number of hydrogen-bond acceptors (Lipinski definition) is 3. The van der Waals surface area contributed by atoms with Gasteiger partial charge >= 0.3 is 7.12 Å². The van der Waals surface area contributed by atoms with Crippen LogP contribution in [-0.4, -0.2) is 37.3 Å². The summed E-state index contributed by atoms with van der Waals surface area (Å²) in [5.74, 6) is 0. The Hall–Kier alpha value is -0.735. The van der Waals surface area contributed by atoms with Crippen molar-refractivity contribution in [2.75, 3.05) is 14.1 Å². The third kappa shape index (κ3) is 3.86. The molecule has 108 valence electrons. The van der Waals surface area contributed by atoms with E-state index in [9.17, 15) is 0 Å². The van der Waals surface area contributed by atoms with Gasteiger partial charge in [0.05, 0.1) is 11.2 Å². The Kier molecular flexibility index (Phi) is 4.91. The largest absolute Gasteiger partial charge is 0.496 e. The molecule has 0 spiro atoms. The summed E-state index contributed by atoms with van der Waals surface area (Å²) >= 11 is 0. The van der Waals surface area contributed by atoms with E-state index in [1.807, 2.05) is 19.0 Å². The van der Waals surface area contributed by atoms with Crippen LogP contribution in [-0.2, 0) is 9.31 Å². The number of allylic oxidation sites excluding steroid dienone is 3. The molecule has 1 aliphatic rings. The molecule has 0 aromatic carbocycles. The van der Waals surface area contributed by atoms with Gasteiger partial charge in [0.2, 0.25) is 0 Å². The molecule has 1 rings (SSSR count). The third-order valence-electron chi connectivity index (χ3n) is 3.90. The number of nitrogens with zero attached hydrogens (tertiary/aromatic N) is 1. The first-order chi connectivity index (χ1) is 8.59. The van der Waals surface area contributed by atoms with Crippen molar-refractivity contribution in [3.05, 3.63) is 23.3 Å². The summed E-state index contributed by atoms with van der Waals surface area (Å²) in [4.78, 5) is 2.03. The van der Waals surface area contributed by atoms with Crippen LogP contribution in [0.3, 0.4) is 0 Å². The molecule has 0 radical (unpaired) electrons. The fourth-order valence-corrected chi connectivity index (χ4v) is 1.83. The van der Waals surface area contributed by atoms with Crippen LogP contribution in [0.1, 0.15) is 48.0 Å². The molecule has 4 heteroatoms. The van der Waals surface area contributed by atoms with Crippen LogP contribution in [0.15, 0.2) is 23.3 Å². The Labute approximate surface area is 118 Å². The van der Waals surface area contributed by atoms with Gasteiger partial charge in [0.15, 0.2) is 0 Å². The van der Waals surface area contributed by atoms with Gasteiger partial charge in [0.25, 0.3) is 0 Å². The first kappa shape index (κ1) is 16.3. The molecule has 0 aromatic rings. The molecule has 0 aromatic heterocycles. The quantitative estimate of drug-likeness (QED) is 0.574. The summed E-state index contributed by atoms with van der Waals surface area (Å²) in [6, 6.07) is 0. The lowest BCUT2D eigenvalue weighted by Crippen LogP contribution is -2.41. The molecule has 0 bridgehead atoms. The minimum atomic E-state index is -0.297. The van der Waals surface area contributed by atoms with Gasteiger partial charge < -0.3 is 14.2 Å². The predicted molar refractivity (Wildman–Crippen MR) is 81.9 cm³/mol. The molecule has 0 aliphatic carbocycles. The molecular formula is C15H28BNO2. The van der Waals surface area contributed by atoms with E-state index in [2.05, 4.69) is 53.8 Å². The summed E-state index contributed by atoms with van der Waals surface area (Å²) < 4.78 is 12.2. The minimum Gasteiger partial charge on any atom is -0.399 e. The van der Waals surface area contributed by atoms with E-state index >= 15 is 0 Å². The van der Waals surface area contributed by atoms with Gasteiger partial charge in [-0.2, -0.15) is 0 Å². The Morgan fingerprint density at radius 3 is 1.95 bits per heavy atom. The van der Waals surface area contributed by atoms with Crippen LogP contribution in [0.2, 0.25) is 0 Å². The highest BCUT2D eigenvalue weighted by Crippen LogP contribution is 2.38. The van der Waals surface area contributed by atoms with Crippen molar-refractivity contribution in [1.82, 2.24) is 4.90 Å². The summed E-state index contributed by atoms with van der Waals surface area (Å²) in [6.07, 6.45) is 5.27. The van der Waals surface area contributed by atoms with Gasteiger partial charge in [0, 0.05) is 14.1 Å². The molecule has 0 saturated carbocycles. The van der Waals surface area contributed by atoms with Gasteiger partial charge in [-0.05, 0) is 52.7 Å². The first-order valence-corrected chi connectivity index (χ1v) is 7.00. The zero-order chi connectivity index (χ0) is 14.8. The smallest absolute Gasteiger partial charge is 0.399 e. The van der Waals surface area contributed by atoms with E-state index in [1.165, 1.54) is 5.57 Å². The lowest BCUT2D eigenvalue weighted by Gasteiger charge is -2.32. The van der Waals surface area contributed by atoms with Crippen LogP contribution in [0.5, 0.6) is 0 Å². The second-order valence-electron chi connectivity index (χ2n) is 6.53. The highest BCUT2D eigenvalue weighted by Gasteiger charge is 2.52. The molecule has 1 fully saturated rings. The molecule has 0 atom stereocenters. The highest BCUT2D eigenvalue weighted by atomic mass is 16.7. The SMILES string of the molecule is CC/C(C)=C/C(=C\N(C)C)B1OC(C)(C)C(C)(C)O1. The van der Waals surface area contributed by atoms with Crippen molar-refractivity contribution in [3.63, 3.8) is 0 Å². The topological polar surface area (TPSA) is 21.7 Å². The zero-order valence-corrected chi connectivity index (χ0v) is 13.7. The molecule has 1 saturated heterocycles. The van der Waals surface area contributed by atoms with Crippen molar-refractivity contribution in [2.24, 2.45) is 0 Å². The molecular weight excluding hydrogens is 237 g/mol. The highest BCUT2D eigenvalue weighted by molar-refractivity contribution is 6.55. The van der Waals surface area contributed by atoms with Crippen molar-refractivity contribution < 1.29 is 9.31 Å². The van der Waals surface area contributed by atoms with Crippen molar-refractivity contribution in [3.8, 4) is 0 Å². The average molecular weight is 265 g/mol. The molecule has 0 unspecified atom stereocenters. The zero-order valence-electron chi connectivity index (χ0n) is 13.7. The van der Waals surface area contributed by atoms with Crippen molar-refractivity contribution in [2.45, 2.75) is 59.2 Å². The van der Waals surface area contributed by atoms with E-state index in [-0.39, 0.29) is 18.3 Å². The van der Waals surface area contributed by atoms with Gasteiger partial charge in [0.1, 0.15) is 0 Å². The lowest BCUT2D eigenvalue weighted by atomic mass is 9.77. The fourth-order valence-electron chi connectivity index (χ4n) is 1.83. The Balaban J connectivity index is 3.03. The lowest BCUT2D eigenvalue weighted by molar-refractivity contribution is 0.00578. The Bertz CT molecular complexity index is 368. The maximum atomic E-state index is 6.11. The standard InChI is InChI=1S/C15H28BNO2/c1-9-12(2)10-13(11-17(7)8)16-18-14(3,4)15(5,6)19-16/h10-11H,9H2,1-8H3/b12-10+,13-11+. The summed E-state index contributed by atoms with van der Waals surface area (Å²) in [5, 5.41) is 0. The van der Waals surface area contributed by atoms with Crippen LogP contribution in [0, 0.1) is 0 Å². The third-order valence-corrected chi connectivity index (χ3v) is 3.90. The second kappa shape index (κ2) is 5.72. The van der Waals surface area contributed by atoms with E-state index in [1.54, 1.807) is 0 Å². The Morgan fingerprint density at radius 2 is 1.58 bits per heavy atom. The first-order valence-electron chi connectivity index (χ1n) is 7.00. The van der Waals surface area contributed by atoms with Crippen LogP contribution >= 0.6 is 0 Å². The van der Waals surface area contributed by atoms with Crippen molar-refractivity contribution in [1.29, 1.82) is 0 Å². The normalized spacial score (nSPS) is 22.8.